The number of carbonyl (C=O) groups is 2. The van der Waals surface area contributed by atoms with Crippen LogP contribution in [0, 0.1) is 0 Å². The summed E-state index contributed by atoms with van der Waals surface area (Å²) < 4.78 is 1.34. The van der Waals surface area contributed by atoms with Crippen molar-refractivity contribution in [3.05, 3.63) is 17.5 Å². The summed E-state index contributed by atoms with van der Waals surface area (Å²) >= 11 is 0. The minimum Gasteiger partial charge on any atom is -0.478 e. The maximum absolute atomic E-state index is 12.0. The third-order valence-corrected chi connectivity index (χ3v) is 2.46. The first-order valence-electron chi connectivity index (χ1n) is 5.49. The SMILES string of the molecule is CCCCN(C)C(=O)c1nn(C)cc1C(=O)O. The number of nitrogens with zero attached hydrogens (tertiary/aromatic N) is 3. The molecule has 0 unspecified atom stereocenters. The Morgan fingerprint density at radius 3 is 2.71 bits per heavy atom. The van der Waals surface area contributed by atoms with E-state index in [1.807, 2.05) is 6.92 Å². The lowest BCUT2D eigenvalue weighted by molar-refractivity contribution is 0.0681. The van der Waals surface area contributed by atoms with E-state index < -0.39 is 5.97 Å². The van der Waals surface area contributed by atoms with E-state index in [1.165, 1.54) is 15.8 Å². The van der Waals surface area contributed by atoms with Crippen LogP contribution >= 0.6 is 0 Å². The Morgan fingerprint density at radius 1 is 1.53 bits per heavy atom. The molecule has 0 aliphatic carbocycles. The molecule has 0 aliphatic rings. The first kappa shape index (κ1) is 13.2. The summed E-state index contributed by atoms with van der Waals surface area (Å²) in [6.07, 6.45) is 3.20. The second-order valence-electron chi connectivity index (χ2n) is 3.95. The third-order valence-electron chi connectivity index (χ3n) is 2.46. The largest absolute Gasteiger partial charge is 0.478 e. The molecule has 0 spiro atoms. The van der Waals surface area contributed by atoms with Gasteiger partial charge in [0.15, 0.2) is 5.69 Å². The summed E-state index contributed by atoms with van der Waals surface area (Å²) in [5, 5.41) is 12.9. The van der Waals surface area contributed by atoms with Crippen LogP contribution < -0.4 is 0 Å². The number of aromatic carboxylic acids is 1. The van der Waals surface area contributed by atoms with Gasteiger partial charge in [0.2, 0.25) is 0 Å². The van der Waals surface area contributed by atoms with Gasteiger partial charge >= 0.3 is 5.97 Å². The molecular weight excluding hydrogens is 222 g/mol. The zero-order chi connectivity index (χ0) is 13.0. The van der Waals surface area contributed by atoms with Gasteiger partial charge < -0.3 is 10.0 Å². The molecule has 0 bridgehead atoms. The highest BCUT2D eigenvalue weighted by Crippen LogP contribution is 2.09. The minimum absolute atomic E-state index is 0.00129. The van der Waals surface area contributed by atoms with E-state index in [9.17, 15) is 9.59 Å². The van der Waals surface area contributed by atoms with Crippen molar-refractivity contribution in [2.75, 3.05) is 13.6 Å². The Kier molecular flexibility index (Phi) is 4.25. The average Bonchev–Trinajstić information content (AvgIpc) is 2.67. The Labute approximate surface area is 99.8 Å². The van der Waals surface area contributed by atoms with Crippen molar-refractivity contribution in [1.82, 2.24) is 14.7 Å². The van der Waals surface area contributed by atoms with Gasteiger partial charge in [-0.25, -0.2) is 4.79 Å². The van der Waals surface area contributed by atoms with Gasteiger partial charge in [-0.2, -0.15) is 5.10 Å². The van der Waals surface area contributed by atoms with Crippen LogP contribution in [0.3, 0.4) is 0 Å². The molecule has 0 aliphatic heterocycles. The van der Waals surface area contributed by atoms with Crippen molar-refractivity contribution in [1.29, 1.82) is 0 Å². The van der Waals surface area contributed by atoms with Gasteiger partial charge in [-0.05, 0) is 6.42 Å². The van der Waals surface area contributed by atoms with E-state index in [-0.39, 0.29) is 17.2 Å². The molecule has 1 amide bonds. The van der Waals surface area contributed by atoms with Crippen molar-refractivity contribution in [2.24, 2.45) is 7.05 Å². The molecule has 17 heavy (non-hydrogen) atoms. The van der Waals surface area contributed by atoms with E-state index in [0.717, 1.165) is 12.8 Å². The van der Waals surface area contributed by atoms with E-state index >= 15 is 0 Å². The number of carboxylic acids is 1. The first-order chi connectivity index (χ1) is 7.97. The monoisotopic (exact) mass is 239 g/mol. The van der Waals surface area contributed by atoms with Crippen LogP contribution in [0.2, 0.25) is 0 Å². The Bertz CT molecular complexity index is 426. The van der Waals surface area contributed by atoms with Crippen molar-refractivity contribution >= 4 is 11.9 Å². The lowest BCUT2D eigenvalue weighted by Gasteiger charge is -2.15. The number of carboxylic acid groups (broad SMARTS) is 1. The van der Waals surface area contributed by atoms with Gasteiger partial charge in [-0.1, -0.05) is 13.3 Å². The van der Waals surface area contributed by atoms with Crippen LogP contribution in [-0.2, 0) is 7.05 Å². The fourth-order valence-electron chi connectivity index (χ4n) is 1.48. The van der Waals surface area contributed by atoms with E-state index in [4.69, 9.17) is 5.11 Å². The van der Waals surface area contributed by atoms with E-state index in [0.29, 0.717) is 6.54 Å². The van der Waals surface area contributed by atoms with Crippen molar-refractivity contribution < 1.29 is 14.7 Å². The van der Waals surface area contributed by atoms with Gasteiger partial charge in [0.25, 0.3) is 5.91 Å². The fraction of sp³-hybridized carbons (Fsp3) is 0.545. The molecule has 0 fully saturated rings. The molecule has 0 saturated heterocycles. The standard InChI is InChI=1S/C11H17N3O3/c1-4-5-6-13(2)10(15)9-8(11(16)17)7-14(3)12-9/h7H,4-6H2,1-3H3,(H,16,17). The lowest BCUT2D eigenvalue weighted by atomic mass is 10.2. The molecule has 1 aromatic rings. The second-order valence-corrected chi connectivity index (χ2v) is 3.95. The third kappa shape index (κ3) is 3.05. The molecule has 0 aromatic carbocycles. The predicted molar refractivity (Wildman–Crippen MR) is 62.0 cm³/mol. The van der Waals surface area contributed by atoms with Gasteiger partial charge in [0, 0.05) is 26.8 Å². The summed E-state index contributed by atoms with van der Waals surface area (Å²) in [6.45, 7) is 2.63. The number of carbonyl (C=O) groups excluding carboxylic acids is 1. The maximum atomic E-state index is 12.0. The van der Waals surface area contributed by atoms with Crippen LogP contribution in [0.15, 0.2) is 6.20 Å². The number of hydrogen-bond acceptors (Lipinski definition) is 3. The van der Waals surface area contributed by atoms with Crippen molar-refractivity contribution in [3.8, 4) is 0 Å². The summed E-state index contributed by atoms with van der Waals surface area (Å²) in [6, 6.07) is 0. The first-order valence-corrected chi connectivity index (χ1v) is 5.49. The Morgan fingerprint density at radius 2 is 2.18 bits per heavy atom. The normalized spacial score (nSPS) is 10.3. The average molecular weight is 239 g/mol. The quantitative estimate of drug-likeness (QED) is 0.831. The van der Waals surface area contributed by atoms with Crippen LogP contribution in [-0.4, -0.2) is 45.3 Å². The van der Waals surface area contributed by atoms with Crippen molar-refractivity contribution in [3.63, 3.8) is 0 Å². The predicted octanol–water partition coefficient (Wildman–Crippen LogP) is 0.990. The van der Waals surface area contributed by atoms with Crippen LogP contribution in [0.1, 0.15) is 40.6 Å². The second kappa shape index (κ2) is 5.47. The molecule has 1 rings (SSSR count). The molecule has 0 atom stereocenters. The van der Waals surface area contributed by atoms with Gasteiger partial charge in [-0.3, -0.25) is 9.48 Å². The van der Waals surface area contributed by atoms with Crippen molar-refractivity contribution in [2.45, 2.75) is 19.8 Å². The van der Waals surface area contributed by atoms with Gasteiger partial charge in [0.1, 0.15) is 5.56 Å². The minimum atomic E-state index is -1.13. The lowest BCUT2D eigenvalue weighted by Crippen LogP contribution is -2.29. The Hall–Kier alpha value is -1.85. The summed E-state index contributed by atoms with van der Waals surface area (Å²) in [5.74, 6) is -1.48. The smallest absolute Gasteiger partial charge is 0.339 e. The maximum Gasteiger partial charge on any atom is 0.339 e. The number of aryl methyl sites for hydroxylation is 1. The summed E-state index contributed by atoms with van der Waals surface area (Å²) in [4.78, 5) is 24.4. The van der Waals surface area contributed by atoms with E-state index in [2.05, 4.69) is 5.10 Å². The van der Waals surface area contributed by atoms with Gasteiger partial charge in [-0.15, -0.1) is 0 Å². The number of hydrogen-bond donors (Lipinski definition) is 1. The number of rotatable bonds is 5. The molecule has 1 aromatic heterocycles. The molecule has 0 radical (unpaired) electrons. The van der Waals surface area contributed by atoms with Crippen LogP contribution in [0.5, 0.6) is 0 Å². The van der Waals surface area contributed by atoms with Gasteiger partial charge in [0.05, 0.1) is 0 Å². The number of aromatic nitrogens is 2. The molecular formula is C11H17N3O3. The molecule has 1 heterocycles. The topological polar surface area (TPSA) is 75.4 Å². The fourth-order valence-corrected chi connectivity index (χ4v) is 1.48. The summed E-state index contributed by atoms with van der Waals surface area (Å²) in [7, 11) is 3.24. The molecule has 94 valence electrons. The summed E-state index contributed by atoms with van der Waals surface area (Å²) in [5.41, 5.74) is -0.0561. The highest BCUT2D eigenvalue weighted by Gasteiger charge is 2.23. The number of unbranched alkanes of at least 4 members (excludes halogenated alkanes) is 1. The van der Waals surface area contributed by atoms with E-state index in [1.54, 1.807) is 14.1 Å². The highest BCUT2D eigenvalue weighted by atomic mass is 16.4. The number of amides is 1. The Balaban J connectivity index is 2.91. The molecule has 6 nitrogen and oxygen atoms in total. The zero-order valence-electron chi connectivity index (χ0n) is 10.3. The molecule has 1 N–H and O–H groups in total. The highest BCUT2D eigenvalue weighted by molar-refractivity contribution is 6.03. The van der Waals surface area contributed by atoms with Crippen LogP contribution in [0.25, 0.3) is 0 Å². The van der Waals surface area contributed by atoms with Crippen LogP contribution in [0.4, 0.5) is 0 Å². The molecule has 6 heteroatoms. The zero-order valence-corrected chi connectivity index (χ0v) is 10.3. The molecule has 0 saturated carbocycles.